The molecule has 0 atom stereocenters. The molecule has 9 nitrogen and oxygen atoms in total. The molecule has 170 valence electrons. The van der Waals surface area contributed by atoms with Crippen LogP contribution in [0.1, 0.15) is 5.56 Å². The molecular formula is C21H22ClN3O6S. The summed E-state index contributed by atoms with van der Waals surface area (Å²) < 4.78 is 37.6. The van der Waals surface area contributed by atoms with Gasteiger partial charge in [0.2, 0.25) is 15.9 Å². The molecule has 1 N–H and O–H groups in total. The van der Waals surface area contributed by atoms with Gasteiger partial charge in [-0.15, -0.1) is 0 Å². The number of esters is 1. The van der Waals surface area contributed by atoms with Crippen molar-refractivity contribution >= 4 is 44.9 Å². The van der Waals surface area contributed by atoms with Crippen molar-refractivity contribution in [3.8, 4) is 5.75 Å². The first-order valence-electron chi connectivity index (χ1n) is 9.97. The zero-order valence-electron chi connectivity index (χ0n) is 17.3. The van der Waals surface area contributed by atoms with E-state index in [1.807, 2.05) is 13.0 Å². The Balaban J connectivity index is 1.52. The summed E-state index contributed by atoms with van der Waals surface area (Å²) in [7, 11) is -3.74. The third-order valence-corrected chi connectivity index (χ3v) is 7.38. The highest BCUT2D eigenvalue weighted by molar-refractivity contribution is 7.89. The number of amides is 1. The number of benzene rings is 2. The maximum atomic E-state index is 12.9. The third kappa shape index (κ3) is 4.73. The van der Waals surface area contributed by atoms with E-state index in [0.717, 1.165) is 5.56 Å². The number of hydrogen-bond acceptors (Lipinski definition) is 7. The number of fused-ring (bicyclic) bond motifs is 1. The summed E-state index contributed by atoms with van der Waals surface area (Å²) in [6, 6.07) is 9.55. The van der Waals surface area contributed by atoms with Crippen LogP contribution in [0.2, 0.25) is 5.02 Å². The summed E-state index contributed by atoms with van der Waals surface area (Å²) in [5, 5.41) is 2.86. The number of nitrogens with zero attached hydrogens (tertiary/aromatic N) is 2. The van der Waals surface area contributed by atoms with Crippen molar-refractivity contribution in [3.63, 3.8) is 0 Å². The smallest absolute Gasteiger partial charge is 0.331 e. The molecular weight excluding hydrogens is 458 g/mol. The van der Waals surface area contributed by atoms with Gasteiger partial charge in [-0.1, -0.05) is 17.7 Å². The lowest BCUT2D eigenvalue weighted by atomic mass is 10.1. The predicted octanol–water partition coefficient (Wildman–Crippen LogP) is 2.03. The van der Waals surface area contributed by atoms with Crippen molar-refractivity contribution < 1.29 is 27.5 Å². The minimum absolute atomic E-state index is 0.0291. The molecule has 2 heterocycles. The van der Waals surface area contributed by atoms with E-state index in [9.17, 15) is 18.0 Å². The van der Waals surface area contributed by atoms with Crippen LogP contribution >= 0.6 is 11.6 Å². The number of aryl methyl sites for hydroxylation is 1. The van der Waals surface area contributed by atoms with E-state index < -0.39 is 21.9 Å². The number of morpholine rings is 1. The molecule has 32 heavy (non-hydrogen) atoms. The van der Waals surface area contributed by atoms with Gasteiger partial charge in [0.25, 0.3) is 0 Å². The van der Waals surface area contributed by atoms with Crippen LogP contribution in [0.3, 0.4) is 0 Å². The van der Waals surface area contributed by atoms with Gasteiger partial charge in [-0.3, -0.25) is 4.79 Å². The molecule has 2 aliphatic rings. The zero-order chi connectivity index (χ0) is 22.9. The van der Waals surface area contributed by atoms with E-state index in [1.54, 1.807) is 17.0 Å². The van der Waals surface area contributed by atoms with Crippen LogP contribution in [0.4, 0.5) is 11.4 Å². The van der Waals surface area contributed by atoms with Crippen LogP contribution in [0.5, 0.6) is 5.75 Å². The predicted molar refractivity (Wildman–Crippen MR) is 119 cm³/mol. The molecule has 0 spiro atoms. The standard InChI is InChI=1S/C21H22ClN3O6S/c1-14-2-5-18-19(10-14)31-21(27)13-24(18)12-20(26)23-17-11-15(3-4-16(17)22)32(28,29)25-6-8-30-9-7-25/h2-5,10-11H,6-9,12-13H2,1H3,(H,23,26). The minimum atomic E-state index is -3.74. The number of halogens is 1. The van der Waals surface area contributed by atoms with Gasteiger partial charge >= 0.3 is 5.97 Å². The van der Waals surface area contributed by atoms with E-state index in [1.165, 1.54) is 22.5 Å². The molecule has 4 rings (SSSR count). The van der Waals surface area contributed by atoms with E-state index in [4.69, 9.17) is 21.1 Å². The molecule has 2 aromatic carbocycles. The van der Waals surface area contributed by atoms with Gasteiger partial charge in [-0.2, -0.15) is 4.31 Å². The fraction of sp³-hybridized carbons (Fsp3) is 0.333. The molecule has 0 unspecified atom stereocenters. The highest BCUT2D eigenvalue weighted by Crippen LogP contribution is 2.33. The number of hydrogen-bond donors (Lipinski definition) is 1. The van der Waals surface area contributed by atoms with Crippen LogP contribution in [-0.4, -0.2) is 64.0 Å². The van der Waals surface area contributed by atoms with Crippen molar-refractivity contribution in [2.24, 2.45) is 0 Å². The lowest BCUT2D eigenvalue weighted by Gasteiger charge is -2.29. The number of nitrogens with one attached hydrogen (secondary N) is 1. The summed E-state index contributed by atoms with van der Waals surface area (Å²) in [6.07, 6.45) is 0. The summed E-state index contributed by atoms with van der Waals surface area (Å²) in [5.74, 6) is -0.521. The number of sulfonamides is 1. The lowest BCUT2D eigenvalue weighted by molar-refractivity contribution is -0.133. The first kappa shape index (κ1) is 22.5. The van der Waals surface area contributed by atoms with Crippen molar-refractivity contribution in [1.82, 2.24) is 4.31 Å². The van der Waals surface area contributed by atoms with Gasteiger partial charge in [-0.25, -0.2) is 13.2 Å². The highest BCUT2D eigenvalue weighted by atomic mass is 35.5. The Kier molecular flexibility index (Phi) is 6.38. The van der Waals surface area contributed by atoms with Crippen molar-refractivity contribution in [2.45, 2.75) is 11.8 Å². The van der Waals surface area contributed by atoms with Crippen LogP contribution < -0.4 is 15.0 Å². The highest BCUT2D eigenvalue weighted by Gasteiger charge is 2.28. The van der Waals surface area contributed by atoms with Gasteiger partial charge in [0.05, 0.1) is 41.1 Å². The van der Waals surface area contributed by atoms with E-state index in [-0.39, 0.29) is 41.8 Å². The third-order valence-electron chi connectivity index (χ3n) is 5.15. The van der Waals surface area contributed by atoms with Crippen molar-refractivity contribution in [2.75, 3.05) is 49.6 Å². The molecule has 0 aromatic heterocycles. The maximum Gasteiger partial charge on any atom is 0.331 e. The second-order valence-corrected chi connectivity index (χ2v) is 9.85. The molecule has 1 amide bonds. The van der Waals surface area contributed by atoms with Crippen LogP contribution in [0.25, 0.3) is 0 Å². The Morgan fingerprint density at radius 1 is 1.16 bits per heavy atom. The number of carbonyl (C=O) groups is 2. The van der Waals surface area contributed by atoms with Gasteiger partial charge < -0.3 is 19.7 Å². The molecule has 0 saturated carbocycles. The first-order valence-corrected chi connectivity index (χ1v) is 11.8. The van der Waals surface area contributed by atoms with Gasteiger partial charge in [0, 0.05) is 13.1 Å². The fourth-order valence-electron chi connectivity index (χ4n) is 3.56. The molecule has 0 radical (unpaired) electrons. The Morgan fingerprint density at radius 2 is 1.91 bits per heavy atom. The SMILES string of the molecule is Cc1ccc2c(c1)OC(=O)CN2CC(=O)Nc1cc(S(=O)(=O)N2CCOCC2)ccc1Cl. The van der Waals surface area contributed by atoms with Crippen LogP contribution in [-0.2, 0) is 24.3 Å². The zero-order valence-corrected chi connectivity index (χ0v) is 18.9. The van der Waals surface area contributed by atoms with Gasteiger partial charge in [0.1, 0.15) is 6.54 Å². The Morgan fingerprint density at radius 3 is 2.66 bits per heavy atom. The number of rotatable bonds is 5. The maximum absolute atomic E-state index is 12.9. The average Bonchev–Trinajstić information content (AvgIpc) is 2.75. The second kappa shape index (κ2) is 9.07. The molecule has 11 heteroatoms. The van der Waals surface area contributed by atoms with Crippen molar-refractivity contribution in [3.05, 3.63) is 47.0 Å². The lowest BCUT2D eigenvalue weighted by Crippen LogP contribution is -2.41. The minimum Gasteiger partial charge on any atom is -0.423 e. The molecule has 0 bridgehead atoms. The molecule has 0 aliphatic carbocycles. The number of anilines is 2. The molecule has 1 saturated heterocycles. The fourth-order valence-corrected chi connectivity index (χ4v) is 5.16. The quantitative estimate of drug-likeness (QED) is 0.516. The van der Waals surface area contributed by atoms with E-state index in [2.05, 4.69) is 5.32 Å². The second-order valence-electron chi connectivity index (χ2n) is 7.51. The van der Waals surface area contributed by atoms with Crippen molar-refractivity contribution in [1.29, 1.82) is 0 Å². The largest absolute Gasteiger partial charge is 0.423 e. The molecule has 2 aliphatic heterocycles. The Hall–Kier alpha value is -2.66. The summed E-state index contributed by atoms with van der Waals surface area (Å²) >= 11 is 6.21. The van der Waals surface area contributed by atoms with Crippen LogP contribution in [0, 0.1) is 6.92 Å². The Labute approximate surface area is 190 Å². The van der Waals surface area contributed by atoms with Gasteiger partial charge in [-0.05, 0) is 42.8 Å². The number of carbonyl (C=O) groups excluding carboxylic acids is 2. The topological polar surface area (TPSA) is 105 Å². The summed E-state index contributed by atoms with van der Waals surface area (Å²) in [4.78, 5) is 26.3. The molecule has 1 fully saturated rings. The first-order chi connectivity index (χ1) is 15.2. The van der Waals surface area contributed by atoms with E-state index in [0.29, 0.717) is 24.7 Å². The normalized spacial score (nSPS) is 16.9. The summed E-state index contributed by atoms with van der Waals surface area (Å²) in [5.41, 5.74) is 1.72. The number of ether oxygens (including phenoxy) is 2. The molecule has 2 aromatic rings. The van der Waals surface area contributed by atoms with E-state index >= 15 is 0 Å². The monoisotopic (exact) mass is 479 g/mol. The van der Waals surface area contributed by atoms with Gasteiger partial charge in [0.15, 0.2) is 5.75 Å². The average molecular weight is 480 g/mol. The van der Waals surface area contributed by atoms with Crippen LogP contribution in [0.15, 0.2) is 41.3 Å². The Bertz CT molecular complexity index is 1160. The summed E-state index contributed by atoms with van der Waals surface area (Å²) in [6.45, 7) is 2.84.